The number of pyridine rings is 2. The highest BCUT2D eigenvalue weighted by molar-refractivity contribution is 6.12. The van der Waals surface area contributed by atoms with Crippen molar-refractivity contribution in [3.05, 3.63) is 109 Å². The molecule has 4 heterocycles. The van der Waals surface area contributed by atoms with Crippen LogP contribution in [0, 0.1) is 0 Å². The van der Waals surface area contributed by atoms with Gasteiger partial charge >= 0.3 is 0 Å². The highest BCUT2D eigenvalue weighted by atomic mass is 16.5. The Kier molecular flexibility index (Phi) is 4.34. The van der Waals surface area contributed by atoms with E-state index in [4.69, 9.17) is 19.7 Å². The quantitative estimate of drug-likeness (QED) is 0.240. The van der Waals surface area contributed by atoms with Gasteiger partial charge in [0.1, 0.15) is 23.0 Å². The number of aryl methyl sites for hydroxylation is 1. The lowest BCUT2D eigenvalue weighted by Crippen LogP contribution is -1.94. The first-order chi connectivity index (χ1) is 18.7. The summed E-state index contributed by atoms with van der Waals surface area (Å²) < 4.78 is 10.7. The predicted molar refractivity (Wildman–Crippen MR) is 152 cm³/mol. The van der Waals surface area contributed by atoms with Gasteiger partial charge in [0, 0.05) is 29.6 Å². The van der Waals surface area contributed by atoms with E-state index in [1.807, 2.05) is 80.0 Å². The molecule has 0 aliphatic rings. The van der Waals surface area contributed by atoms with Gasteiger partial charge in [-0.2, -0.15) is 0 Å². The normalized spacial score (nSPS) is 11.8. The van der Waals surface area contributed by atoms with Crippen molar-refractivity contribution in [3.8, 4) is 22.9 Å². The SMILES string of the molecule is Cn1c(-c2cccc(Oc3ccc4c(c3)c3nc5ccccc5n3c3cccnc43)c2)nc2ccccc21. The molecule has 4 aromatic carbocycles. The zero-order chi connectivity index (χ0) is 25.2. The molecule has 6 nitrogen and oxygen atoms in total. The van der Waals surface area contributed by atoms with Crippen molar-refractivity contribution in [1.82, 2.24) is 23.9 Å². The van der Waals surface area contributed by atoms with Gasteiger partial charge in [-0.05, 0) is 66.7 Å². The lowest BCUT2D eigenvalue weighted by atomic mass is 10.1. The number of ether oxygens (including phenoxy) is 1. The highest BCUT2D eigenvalue weighted by Crippen LogP contribution is 2.35. The Morgan fingerprint density at radius 3 is 2.26 bits per heavy atom. The van der Waals surface area contributed by atoms with Gasteiger partial charge in [-0.25, -0.2) is 9.97 Å². The Morgan fingerprint density at radius 1 is 0.632 bits per heavy atom. The second kappa shape index (κ2) is 7.88. The topological polar surface area (TPSA) is 57.2 Å². The van der Waals surface area contributed by atoms with Crippen LogP contribution in [0.4, 0.5) is 0 Å². The molecular weight excluding hydrogens is 470 g/mol. The van der Waals surface area contributed by atoms with Gasteiger partial charge in [0.2, 0.25) is 0 Å². The Bertz CT molecular complexity index is 2190. The minimum atomic E-state index is 0.740. The maximum absolute atomic E-state index is 6.40. The van der Waals surface area contributed by atoms with Crippen LogP contribution in [0.3, 0.4) is 0 Å². The number of benzene rings is 4. The Balaban J connectivity index is 1.28. The third-order valence-electron chi connectivity index (χ3n) is 7.19. The fourth-order valence-electron chi connectivity index (χ4n) is 5.45. The summed E-state index contributed by atoms with van der Waals surface area (Å²) in [4.78, 5) is 14.6. The van der Waals surface area contributed by atoms with E-state index in [9.17, 15) is 0 Å². The highest BCUT2D eigenvalue weighted by Gasteiger charge is 2.15. The molecule has 8 aromatic rings. The summed E-state index contributed by atoms with van der Waals surface area (Å²) in [5.74, 6) is 2.39. The standard InChI is InChI=1S/C32H21N5O/c1-36-27-12-4-2-10-25(27)34-31(36)20-8-6-9-21(18-20)38-22-15-16-23-24(19-22)32-35-26-11-3-5-13-28(26)37(32)29-14-7-17-33-30(23)29/h2-19H,1H3. The monoisotopic (exact) mass is 491 g/mol. The number of imidazole rings is 2. The number of fused-ring (bicyclic) bond motifs is 9. The molecule has 0 aliphatic carbocycles. The van der Waals surface area contributed by atoms with Crippen LogP contribution in [-0.2, 0) is 7.05 Å². The van der Waals surface area contributed by atoms with Crippen LogP contribution in [-0.4, -0.2) is 23.9 Å². The Labute approximate surface area is 217 Å². The maximum atomic E-state index is 6.40. The number of hydrogen-bond donors (Lipinski definition) is 0. The predicted octanol–water partition coefficient (Wildman–Crippen LogP) is 7.53. The first kappa shape index (κ1) is 20.9. The van der Waals surface area contributed by atoms with Crippen molar-refractivity contribution in [3.63, 3.8) is 0 Å². The molecule has 6 heteroatoms. The van der Waals surface area contributed by atoms with Crippen LogP contribution < -0.4 is 4.74 Å². The maximum Gasteiger partial charge on any atom is 0.146 e. The summed E-state index contributed by atoms with van der Waals surface area (Å²) in [5.41, 5.74) is 7.94. The van der Waals surface area contributed by atoms with Gasteiger partial charge < -0.3 is 9.30 Å². The molecule has 0 spiro atoms. The van der Waals surface area contributed by atoms with Gasteiger partial charge in [-0.1, -0.05) is 36.4 Å². The third-order valence-corrected chi connectivity index (χ3v) is 7.19. The largest absolute Gasteiger partial charge is 0.457 e. The molecule has 0 saturated heterocycles. The summed E-state index contributed by atoms with van der Waals surface area (Å²) in [7, 11) is 2.04. The van der Waals surface area contributed by atoms with Crippen LogP contribution in [0.5, 0.6) is 11.5 Å². The molecule has 180 valence electrons. The van der Waals surface area contributed by atoms with E-state index < -0.39 is 0 Å². The summed E-state index contributed by atoms with van der Waals surface area (Å²) >= 11 is 0. The average Bonchev–Trinajstić information content (AvgIpc) is 3.52. The molecule has 38 heavy (non-hydrogen) atoms. The molecule has 0 unspecified atom stereocenters. The van der Waals surface area contributed by atoms with Crippen molar-refractivity contribution in [1.29, 1.82) is 0 Å². The lowest BCUT2D eigenvalue weighted by molar-refractivity contribution is 0.483. The number of nitrogens with zero attached hydrogens (tertiary/aromatic N) is 5. The molecule has 0 bridgehead atoms. The molecule has 0 amide bonds. The van der Waals surface area contributed by atoms with Crippen molar-refractivity contribution in [2.45, 2.75) is 0 Å². The van der Waals surface area contributed by atoms with Crippen LogP contribution in [0.1, 0.15) is 0 Å². The third kappa shape index (κ3) is 3.04. The Hall–Kier alpha value is -5.23. The number of para-hydroxylation sites is 4. The molecule has 0 radical (unpaired) electrons. The number of hydrogen-bond acceptors (Lipinski definition) is 4. The van der Waals surface area contributed by atoms with Crippen molar-refractivity contribution >= 4 is 49.5 Å². The zero-order valence-corrected chi connectivity index (χ0v) is 20.5. The summed E-state index contributed by atoms with van der Waals surface area (Å²) in [6, 6.07) is 34.6. The molecule has 4 aromatic heterocycles. The lowest BCUT2D eigenvalue weighted by Gasteiger charge is -2.11. The summed E-state index contributed by atoms with van der Waals surface area (Å²) in [6.07, 6.45) is 1.84. The van der Waals surface area contributed by atoms with Crippen LogP contribution >= 0.6 is 0 Å². The molecule has 0 saturated carbocycles. The van der Waals surface area contributed by atoms with Crippen molar-refractivity contribution in [2.75, 3.05) is 0 Å². The van der Waals surface area contributed by atoms with Gasteiger partial charge in [-0.15, -0.1) is 0 Å². The van der Waals surface area contributed by atoms with Crippen LogP contribution in [0.15, 0.2) is 109 Å². The van der Waals surface area contributed by atoms with Crippen molar-refractivity contribution < 1.29 is 4.74 Å². The molecule has 0 atom stereocenters. The van der Waals surface area contributed by atoms with E-state index in [-0.39, 0.29) is 0 Å². The smallest absolute Gasteiger partial charge is 0.146 e. The molecule has 8 rings (SSSR count). The van der Waals surface area contributed by atoms with E-state index in [0.29, 0.717) is 0 Å². The van der Waals surface area contributed by atoms with Gasteiger partial charge in [-0.3, -0.25) is 9.38 Å². The van der Waals surface area contributed by atoms with E-state index >= 15 is 0 Å². The van der Waals surface area contributed by atoms with E-state index in [1.165, 1.54) is 0 Å². The minimum absolute atomic E-state index is 0.740. The second-order valence-electron chi connectivity index (χ2n) is 9.45. The Morgan fingerprint density at radius 2 is 1.39 bits per heavy atom. The van der Waals surface area contributed by atoms with E-state index in [0.717, 1.165) is 72.4 Å². The summed E-state index contributed by atoms with van der Waals surface area (Å²) in [6.45, 7) is 0. The number of aromatic nitrogens is 5. The fourth-order valence-corrected chi connectivity index (χ4v) is 5.45. The van der Waals surface area contributed by atoms with Crippen LogP contribution in [0.2, 0.25) is 0 Å². The van der Waals surface area contributed by atoms with E-state index in [2.05, 4.69) is 45.4 Å². The van der Waals surface area contributed by atoms with Gasteiger partial charge in [0.05, 0.1) is 33.1 Å². The molecular formula is C32H21N5O. The second-order valence-corrected chi connectivity index (χ2v) is 9.45. The number of rotatable bonds is 3. The van der Waals surface area contributed by atoms with Crippen molar-refractivity contribution in [2.24, 2.45) is 7.05 Å². The molecule has 0 fully saturated rings. The first-order valence-electron chi connectivity index (χ1n) is 12.5. The molecule has 0 N–H and O–H groups in total. The fraction of sp³-hybridized carbons (Fsp3) is 0.0312. The van der Waals surface area contributed by atoms with E-state index in [1.54, 1.807) is 0 Å². The minimum Gasteiger partial charge on any atom is -0.457 e. The zero-order valence-electron chi connectivity index (χ0n) is 20.5. The molecule has 0 aliphatic heterocycles. The van der Waals surface area contributed by atoms with Gasteiger partial charge in [0.25, 0.3) is 0 Å². The van der Waals surface area contributed by atoms with Crippen LogP contribution in [0.25, 0.3) is 60.9 Å². The average molecular weight is 492 g/mol. The summed E-state index contributed by atoms with van der Waals surface area (Å²) in [5, 5.41) is 2.04. The van der Waals surface area contributed by atoms with Gasteiger partial charge in [0.15, 0.2) is 0 Å². The first-order valence-corrected chi connectivity index (χ1v) is 12.5.